The Morgan fingerprint density at radius 3 is 3.08 bits per heavy atom. The maximum atomic E-state index is 11.5. The van der Waals surface area contributed by atoms with Gasteiger partial charge in [0.05, 0.1) is 18.0 Å². The van der Waals surface area contributed by atoms with Crippen LogP contribution in [0.15, 0.2) is 35.3 Å². The summed E-state index contributed by atoms with van der Waals surface area (Å²) in [6.45, 7) is 0. The maximum absolute atomic E-state index is 11.5. The number of nitrogens with zero attached hydrogens (tertiary/aromatic N) is 1. The van der Waals surface area contributed by atoms with Gasteiger partial charge in [-0.2, -0.15) is 17.0 Å². The second-order valence-electron chi connectivity index (χ2n) is 2.75. The maximum Gasteiger partial charge on any atom is 0.342 e. The molecular weight excluding hydrogens is 184 g/mol. The molecule has 2 aromatic rings. The number of fused-ring (bicyclic) bond motifs is 1. The number of pyridine rings is 1. The number of nitrogens with one attached hydrogen (secondary N) is 1. The first-order valence-corrected chi connectivity index (χ1v) is 4.58. The minimum Gasteiger partial charge on any atom is -0.243 e. The van der Waals surface area contributed by atoms with Gasteiger partial charge in [0.1, 0.15) is 5.69 Å². The van der Waals surface area contributed by atoms with Crippen molar-refractivity contribution in [2.75, 3.05) is 0 Å². The number of thiol groups is 1. The number of hydrogen-bond acceptors (Lipinski definition) is 2. The lowest BCUT2D eigenvalue weighted by Crippen LogP contribution is -2.24. The van der Waals surface area contributed by atoms with E-state index in [4.69, 9.17) is 0 Å². The summed E-state index contributed by atoms with van der Waals surface area (Å²) in [5.41, 5.74) is 1.59. The van der Waals surface area contributed by atoms with Gasteiger partial charge >= 0.3 is 5.56 Å². The summed E-state index contributed by atoms with van der Waals surface area (Å²) in [6.07, 6.45) is 1.73. The molecule has 1 N–H and O–H groups in total. The quantitative estimate of drug-likeness (QED) is 0.659. The number of rotatable bonds is 1. The number of H-pyrrole nitrogens is 1. The summed E-state index contributed by atoms with van der Waals surface area (Å²) < 4.78 is 1.56. The molecule has 13 heavy (non-hydrogen) atoms. The van der Waals surface area contributed by atoms with E-state index in [1.54, 1.807) is 16.7 Å². The summed E-state index contributed by atoms with van der Waals surface area (Å²) in [4.78, 5) is 14.6. The third-order valence-corrected chi connectivity index (χ3v) is 2.19. The highest BCUT2D eigenvalue weighted by Gasteiger charge is 2.05. The molecule has 0 saturated carbocycles. The molecule has 0 unspecified atom stereocenters. The normalized spacial score (nSPS) is 10.5. The van der Waals surface area contributed by atoms with Crippen molar-refractivity contribution in [2.24, 2.45) is 0 Å². The van der Waals surface area contributed by atoms with Gasteiger partial charge in [-0.3, -0.25) is 0 Å². The fourth-order valence-electron chi connectivity index (χ4n) is 1.24. The van der Waals surface area contributed by atoms with E-state index in [1.807, 2.05) is 18.2 Å². The van der Waals surface area contributed by atoms with Gasteiger partial charge in [-0.15, -0.1) is 0 Å². The smallest absolute Gasteiger partial charge is 0.243 e. The highest BCUT2D eigenvalue weighted by atomic mass is 32.1. The molecule has 0 spiro atoms. The molecule has 2 rings (SSSR count). The van der Waals surface area contributed by atoms with E-state index in [-0.39, 0.29) is 5.56 Å². The van der Waals surface area contributed by atoms with Crippen molar-refractivity contribution >= 4 is 18.3 Å². The minimum atomic E-state index is -0.0293. The fourth-order valence-corrected chi connectivity index (χ4v) is 1.41. The van der Waals surface area contributed by atoms with Gasteiger partial charge in [-0.1, -0.05) is 6.07 Å². The Bertz CT molecular complexity index is 492. The first kappa shape index (κ1) is 8.31. The molecule has 3 nitrogen and oxygen atoms in total. The van der Waals surface area contributed by atoms with Crippen LogP contribution in [-0.4, -0.2) is 4.40 Å². The monoisotopic (exact) mass is 193 g/mol. The van der Waals surface area contributed by atoms with Gasteiger partial charge in [0.2, 0.25) is 0 Å². The molecule has 0 amide bonds. The molecule has 2 aromatic heterocycles. The lowest BCUT2D eigenvalue weighted by atomic mass is 10.4. The Kier molecular flexibility index (Phi) is 2.06. The molecule has 0 radical (unpaired) electrons. The lowest BCUT2D eigenvalue weighted by Gasteiger charge is -1.93. The van der Waals surface area contributed by atoms with E-state index in [2.05, 4.69) is 17.6 Å². The van der Waals surface area contributed by atoms with Crippen molar-refractivity contribution in [3.05, 3.63) is 46.5 Å². The van der Waals surface area contributed by atoms with Crippen LogP contribution in [0.25, 0.3) is 5.65 Å². The molecule has 0 atom stereocenters. The first-order valence-electron chi connectivity index (χ1n) is 3.95. The van der Waals surface area contributed by atoms with E-state index in [0.717, 1.165) is 11.3 Å². The number of aromatic nitrogens is 2. The molecule has 2 heterocycles. The van der Waals surface area contributed by atoms with Crippen molar-refractivity contribution in [2.45, 2.75) is 5.75 Å². The lowest BCUT2D eigenvalue weighted by molar-refractivity contribution is -0.361. The predicted octanol–water partition coefficient (Wildman–Crippen LogP) is 0.543. The van der Waals surface area contributed by atoms with Gasteiger partial charge in [-0.25, -0.2) is 9.78 Å². The van der Waals surface area contributed by atoms with Gasteiger partial charge in [0, 0.05) is 6.07 Å². The van der Waals surface area contributed by atoms with Crippen LogP contribution in [0.1, 0.15) is 5.69 Å². The van der Waals surface area contributed by atoms with Crippen LogP contribution in [0.5, 0.6) is 0 Å². The third-order valence-electron chi connectivity index (χ3n) is 1.85. The van der Waals surface area contributed by atoms with Crippen molar-refractivity contribution < 1.29 is 4.98 Å². The summed E-state index contributed by atoms with van der Waals surface area (Å²) in [6, 6.07) is 7.12. The zero-order chi connectivity index (χ0) is 9.26. The molecule has 4 heteroatoms. The minimum absolute atomic E-state index is 0.0293. The molecule has 66 valence electrons. The Morgan fingerprint density at radius 1 is 1.46 bits per heavy atom. The van der Waals surface area contributed by atoms with Gasteiger partial charge in [0.25, 0.3) is 5.65 Å². The highest BCUT2D eigenvalue weighted by molar-refractivity contribution is 7.79. The van der Waals surface area contributed by atoms with Crippen molar-refractivity contribution in [1.29, 1.82) is 0 Å². The van der Waals surface area contributed by atoms with E-state index in [0.29, 0.717) is 5.75 Å². The standard InChI is InChI=1S/C9H8N2OS/c12-9-5-7(6-13)10-8-3-1-2-4-11(8)9/h1-5,13H,6H2/p+1. The summed E-state index contributed by atoms with van der Waals surface area (Å²) in [5, 5.41) is 0. The summed E-state index contributed by atoms with van der Waals surface area (Å²) >= 11 is 4.10. The average Bonchev–Trinajstić information content (AvgIpc) is 2.18. The third kappa shape index (κ3) is 1.45. The highest BCUT2D eigenvalue weighted by Crippen LogP contribution is 1.95. The van der Waals surface area contributed by atoms with Crippen molar-refractivity contribution in [3.63, 3.8) is 0 Å². The second-order valence-corrected chi connectivity index (χ2v) is 3.06. The van der Waals surface area contributed by atoms with Gasteiger partial charge in [-0.05, 0) is 6.07 Å². The number of hydrogen-bond donors (Lipinski definition) is 1. The van der Waals surface area contributed by atoms with Crippen LogP contribution in [0, 0.1) is 0 Å². The van der Waals surface area contributed by atoms with E-state index in [1.165, 1.54) is 0 Å². The molecule has 0 aromatic carbocycles. The van der Waals surface area contributed by atoms with Crippen LogP contribution in [0.4, 0.5) is 0 Å². The van der Waals surface area contributed by atoms with Crippen molar-refractivity contribution in [1.82, 2.24) is 4.40 Å². The predicted molar refractivity (Wildman–Crippen MR) is 52.9 cm³/mol. The van der Waals surface area contributed by atoms with Crippen LogP contribution in [0.2, 0.25) is 0 Å². The molecule has 0 aliphatic rings. The zero-order valence-electron chi connectivity index (χ0n) is 6.90. The van der Waals surface area contributed by atoms with Crippen LogP contribution < -0.4 is 10.5 Å². The van der Waals surface area contributed by atoms with E-state index < -0.39 is 0 Å². The zero-order valence-corrected chi connectivity index (χ0v) is 7.79. The Hall–Kier alpha value is -1.29. The molecule has 0 aliphatic carbocycles. The van der Waals surface area contributed by atoms with E-state index in [9.17, 15) is 4.79 Å². The molecule has 0 saturated heterocycles. The van der Waals surface area contributed by atoms with Crippen molar-refractivity contribution in [3.8, 4) is 0 Å². The second kappa shape index (κ2) is 3.22. The molecule has 0 aliphatic heterocycles. The Labute approximate surface area is 80.5 Å². The topological polar surface area (TPSA) is 35.6 Å². The van der Waals surface area contributed by atoms with Crippen LogP contribution >= 0.6 is 12.6 Å². The number of aromatic amines is 1. The first-order chi connectivity index (χ1) is 6.31. The largest absolute Gasteiger partial charge is 0.342 e. The van der Waals surface area contributed by atoms with Gasteiger partial charge in [0.15, 0.2) is 0 Å². The van der Waals surface area contributed by atoms with Crippen LogP contribution in [0.3, 0.4) is 0 Å². The van der Waals surface area contributed by atoms with E-state index >= 15 is 0 Å². The molecule has 0 bridgehead atoms. The summed E-state index contributed by atoms with van der Waals surface area (Å²) in [5.74, 6) is 0.542. The SMILES string of the molecule is O=c1cc(CS)[nH+]c2ccccn12. The van der Waals surface area contributed by atoms with Gasteiger partial charge < -0.3 is 0 Å². The van der Waals surface area contributed by atoms with Crippen LogP contribution in [-0.2, 0) is 5.75 Å². The summed E-state index contributed by atoms with van der Waals surface area (Å²) in [7, 11) is 0. The Balaban J connectivity index is 2.85. The molecule has 0 fully saturated rings. The fraction of sp³-hybridized carbons (Fsp3) is 0.111. The Morgan fingerprint density at radius 2 is 2.31 bits per heavy atom. The average molecular weight is 193 g/mol. The molecular formula is C9H9N2OS+.